The van der Waals surface area contributed by atoms with Gasteiger partial charge in [0.2, 0.25) is 0 Å². The van der Waals surface area contributed by atoms with Crippen LogP contribution in [0.3, 0.4) is 0 Å². The summed E-state index contributed by atoms with van der Waals surface area (Å²) in [5, 5.41) is 9.70. The lowest BCUT2D eigenvalue weighted by molar-refractivity contribution is 0.159. The van der Waals surface area contributed by atoms with Crippen molar-refractivity contribution in [3.63, 3.8) is 0 Å². The van der Waals surface area contributed by atoms with Crippen LogP contribution in [0.15, 0.2) is 0 Å². The van der Waals surface area contributed by atoms with Crippen molar-refractivity contribution in [2.45, 2.75) is 50.9 Å². The van der Waals surface area contributed by atoms with Gasteiger partial charge < -0.3 is 5.11 Å². The van der Waals surface area contributed by atoms with Crippen molar-refractivity contribution < 1.29 is 5.11 Å². The topological polar surface area (TPSA) is 20.2 Å². The Morgan fingerprint density at radius 2 is 2.09 bits per heavy atom. The molecule has 1 aliphatic carbocycles. The minimum Gasteiger partial charge on any atom is -0.392 e. The van der Waals surface area contributed by atoms with Gasteiger partial charge in [-0.15, -0.1) is 0 Å². The molecule has 11 heavy (non-hydrogen) atoms. The summed E-state index contributed by atoms with van der Waals surface area (Å²) in [4.78, 5) is 0. The number of hydrogen-bond donors (Lipinski definition) is 2. The van der Waals surface area contributed by atoms with E-state index in [9.17, 15) is 5.11 Å². The van der Waals surface area contributed by atoms with Gasteiger partial charge in [-0.25, -0.2) is 0 Å². The maximum absolute atomic E-state index is 9.51. The molecule has 0 radical (unpaired) electrons. The number of rotatable bonds is 0. The van der Waals surface area contributed by atoms with Crippen molar-refractivity contribution >= 4 is 12.6 Å². The molecule has 1 nitrogen and oxygen atoms in total. The maximum atomic E-state index is 9.51. The van der Waals surface area contributed by atoms with Crippen molar-refractivity contribution in [2.75, 3.05) is 0 Å². The zero-order valence-electron chi connectivity index (χ0n) is 7.38. The fraction of sp³-hybridized carbons (Fsp3) is 1.00. The minimum absolute atomic E-state index is 0.180. The van der Waals surface area contributed by atoms with Crippen LogP contribution in [0, 0.1) is 5.41 Å². The third-order valence-electron chi connectivity index (χ3n) is 2.56. The Kier molecular flexibility index (Phi) is 2.87. The highest BCUT2D eigenvalue weighted by Gasteiger charge is 2.28. The van der Waals surface area contributed by atoms with Gasteiger partial charge in [0.05, 0.1) is 6.10 Å². The molecule has 2 unspecified atom stereocenters. The molecule has 0 aliphatic heterocycles. The zero-order valence-corrected chi connectivity index (χ0v) is 8.27. The number of thiol groups is 1. The highest BCUT2D eigenvalue weighted by Crippen LogP contribution is 2.35. The zero-order chi connectivity index (χ0) is 8.48. The molecular formula is C9H18OS. The Labute approximate surface area is 74.6 Å². The molecule has 2 atom stereocenters. The predicted molar refractivity (Wildman–Crippen MR) is 51.0 cm³/mol. The smallest absolute Gasteiger partial charge is 0.0656 e. The number of hydrogen-bond acceptors (Lipinski definition) is 2. The van der Waals surface area contributed by atoms with E-state index >= 15 is 0 Å². The van der Waals surface area contributed by atoms with Crippen LogP contribution in [0.5, 0.6) is 0 Å². The normalized spacial score (nSPS) is 38.2. The Balaban J connectivity index is 2.55. The van der Waals surface area contributed by atoms with E-state index in [2.05, 4.69) is 26.5 Å². The summed E-state index contributed by atoms with van der Waals surface area (Å²) in [5.74, 6) is 0. The lowest BCUT2D eigenvalue weighted by Gasteiger charge is -2.24. The van der Waals surface area contributed by atoms with E-state index < -0.39 is 0 Å². The molecule has 0 aromatic heterocycles. The van der Waals surface area contributed by atoms with Crippen molar-refractivity contribution in [2.24, 2.45) is 5.41 Å². The van der Waals surface area contributed by atoms with Crippen LogP contribution in [0.25, 0.3) is 0 Å². The average molecular weight is 174 g/mol. The third kappa shape index (κ3) is 2.68. The van der Waals surface area contributed by atoms with Crippen molar-refractivity contribution in [1.82, 2.24) is 0 Å². The van der Waals surface area contributed by atoms with Gasteiger partial charge in [0, 0.05) is 5.25 Å². The van der Waals surface area contributed by atoms with Crippen LogP contribution in [0.4, 0.5) is 0 Å². The summed E-state index contributed by atoms with van der Waals surface area (Å²) in [5.41, 5.74) is 0.379. The standard InChI is InChI=1S/C9H18OS/c1-9(2)5-3-4-7(10)8(11)6-9/h7-8,10-11H,3-6H2,1-2H3. The summed E-state index contributed by atoms with van der Waals surface area (Å²) in [6.07, 6.45) is 4.15. The van der Waals surface area contributed by atoms with E-state index in [-0.39, 0.29) is 11.4 Å². The van der Waals surface area contributed by atoms with Gasteiger partial charge in [-0.2, -0.15) is 12.6 Å². The fourth-order valence-corrected chi connectivity index (χ4v) is 2.43. The summed E-state index contributed by atoms with van der Waals surface area (Å²) in [6, 6.07) is 0. The molecule has 0 aromatic rings. The molecule has 0 saturated heterocycles. The average Bonchev–Trinajstić information content (AvgIpc) is 1.93. The van der Waals surface area contributed by atoms with Gasteiger partial charge >= 0.3 is 0 Å². The maximum Gasteiger partial charge on any atom is 0.0656 e. The van der Waals surface area contributed by atoms with Crippen LogP contribution in [0.1, 0.15) is 39.5 Å². The summed E-state index contributed by atoms with van der Waals surface area (Å²) in [7, 11) is 0. The van der Waals surface area contributed by atoms with Crippen LogP contribution in [-0.2, 0) is 0 Å². The van der Waals surface area contributed by atoms with Crippen molar-refractivity contribution in [3.05, 3.63) is 0 Å². The van der Waals surface area contributed by atoms with Gasteiger partial charge in [-0.1, -0.05) is 20.3 Å². The summed E-state index contributed by atoms with van der Waals surface area (Å²) >= 11 is 4.39. The van der Waals surface area contributed by atoms with E-state index in [0.29, 0.717) is 5.41 Å². The second-order valence-corrected chi connectivity index (χ2v) is 5.06. The minimum atomic E-state index is -0.180. The lowest BCUT2D eigenvalue weighted by Crippen LogP contribution is -2.23. The van der Waals surface area contributed by atoms with E-state index in [1.807, 2.05) is 0 Å². The Hall–Kier alpha value is 0.310. The molecule has 0 aromatic carbocycles. The van der Waals surface area contributed by atoms with Gasteiger partial charge in [0.25, 0.3) is 0 Å². The second kappa shape index (κ2) is 3.36. The van der Waals surface area contributed by atoms with Gasteiger partial charge in [-0.05, 0) is 24.7 Å². The summed E-state index contributed by atoms with van der Waals surface area (Å²) < 4.78 is 0. The van der Waals surface area contributed by atoms with E-state index in [1.54, 1.807) is 0 Å². The van der Waals surface area contributed by atoms with Gasteiger partial charge in [-0.3, -0.25) is 0 Å². The van der Waals surface area contributed by atoms with E-state index in [4.69, 9.17) is 0 Å². The molecule has 2 heteroatoms. The van der Waals surface area contributed by atoms with Crippen molar-refractivity contribution in [1.29, 1.82) is 0 Å². The van der Waals surface area contributed by atoms with Crippen LogP contribution in [0.2, 0.25) is 0 Å². The fourth-order valence-electron chi connectivity index (χ4n) is 1.79. The molecule has 1 rings (SSSR count). The predicted octanol–water partition coefficient (Wildman–Crippen LogP) is 2.25. The number of aliphatic hydroxyl groups is 1. The van der Waals surface area contributed by atoms with Crippen molar-refractivity contribution in [3.8, 4) is 0 Å². The molecule has 0 amide bonds. The Bertz CT molecular complexity index is 134. The molecule has 1 aliphatic rings. The first kappa shape index (κ1) is 9.40. The molecule has 66 valence electrons. The SMILES string of the molecule is CC1(C)CCCC(O)C(S)C1. The molecule has 1 fully saturated rings. The van der Waals surface area contributed by atoms with E-state index in [0.717, 1.165) is 19.3 Å². The summed E-state index contributed by atoms with van der Waals surface area (Å²) in [6.45, 7) is 4.52. The van der Waals surface area contributed by atoms with Gasteiger partial charge in [0.15, 0.2) is 0 Å². The largest absolute Gasteiger partial charge is 0.392 e. The quantitative estimate of drug-likeness (QED) is 0.426. The molecule has 0 heterocycles. The molecule has 0 bridgehead atoms. The highest BCUT2D eigenvalue weighted by molar-refractivity contribution is 7.81. The Morgan fingerprint density at radius 1 is 1.45 bits per heavy atom. The molecule has 1 N–H and O–H groups in total. The molecule has 1 saturated carbocycles. The third-order valence-corrected chi connectivity index (χ3v) is 3.09. The lowest BCUT2D eigenvalue weighted by atomic mass is 9.85. The first-order valence-electron chi connectivity index (χ1n) is 4.37. The Morgan fingerprint density at radius 3 is 2.73 bits per heavy atom. The van der Waals surface area contributed by atoms with Crippen LogP contribution >= 0.6 is 12.6 Å². The van der Waals surface area contributed by atoms with E-state index in [1.165, 1.54) is 6.42 Å². The van der Waals surface area contributed by atoms with Gasteiger partial charge in [0.1, 0.15) is 0 Å². The second-order valence-electron chi connectivity index (χ2n) is 4.40. The highest BCUT2D eigenvalue weighted by atomic mass is 32.1. The number of aliphatic hydroxyl groups excluding tert-OH is 1. The molecule has 0 spiro atoms. The first-order valence-corrected chi connectivity index (χ1v) is 4.89. The van der Waals surface area contributed by atoms with Crippen LogP contribution in [-0.4, -0.2) is 16.5 Å². The van der Waals surface area contributed by atoms with Crippen LogP contribution < -0.4 is 0 Å². The molecular weight excluding hydrogens is 156 g/mol. The first-order chi connectivity index (χ1) is 5.01. The monoisotopic (exact) mass is 174 g/mol.